The molecule has 1 N–H and O–H groups in total. The molecular weight excluding hydrogens is 314 g/mol. The van der Waals surface area contributed by atoms with E-state index < -0.39 is 0 Å². The fourth-order valence-corrected chi connectivity index (χ4v) is 2.63. The van der Waals surface area contributed by atoms with Crippen molar-refractivity contribution in [1.82, 2.24) is 24.7 Å². The van der Waals surface area contributed by atoms with Crippen molar-refractivity contribution in [2.75, 3.05) is 13.2 Å². The van der Waals surface area contributed by atoms with Crippen LogP contribution in [0.1, 0.15) is 32.0 Å². The van der Waals surface area contributed by atoms with Crippen molar-refractivity contribution in [3.05, 3.63) is 55.3 Å². The number of fused-ring (bicyclic) bond motifs is 1. The number of pyridine rings is 1. The van der Waals surface area contributed by atoms with Gasteiger partial charge in [-0.2, -0.15) is 0 Å². The van der Waals surface area contributed by atoms with Gasteiger partial charge in [0.15, 0.2) is 0 Å². The molecule has 3 aromatic heterocycles. The van der Waals surface area contributed by atoms with E-state index in [0.717, 1.165) is 29.9 Å². The Labute approximate surface area is 147 Å². The molecule has 0 saturated heterocycles. The molecular formula is C19H23N5O. The molecule has 0 unspecified atom stereocenters. The lowest BCUT2D eigenvalue weighted by atomic mass is 10.1. The number of ether oxygens (including phenoxy) is 1. The first-order chi connectivity index (χ1) is 12.2. The van der Waals surface area contributed by atoms with Crippen LogP contribution in [0, 0.1) is 0 Å². The zero-order valence-corrected chi connectivity index (χ0v) is 14.6. The molecule has 0 aliphatic rings. The predicted octanol–water partition coefficient (Wildman–Crippen LogP) is 3.42. The molecule has 3 aromatic rings. The van der Waals surface area contributed by atoms with E-state index in [0.29, 0.717) is 18.1 Å². The zero-order chi connectivity index (χ0) is 17.6. The molecule has 0 spiro atoms. The van der Waals surface area contributed by atoms with Crippen LogP contribution >= 0.6 is 0 Å². The Morgan fingerprint density at radius 2 is 2.24 bits per heavy atom. The van der Waals surface area contributed by atoms with Gasteiger partial charge < -0.3 is 14.5 Å². The van der Waals surface area contributed by atoms with Gasteiger partial charge in [-0.25, -0.2) is 9.97 Å². The molecule has 130 valence electrons. The van der Waals surface area contributed by atoms with Gasteiger partial charge in [0.2, 0.25) is 5.65 Å². The summed E-state index contributed by atoms with van der Waals surface area (Å²) in [6.45, 7) is 9.33. The van der Waals surface area contributed by atoms with Crippen molar-refractivity contribution in [3.8, 4) is 17.1 Å². The number of nitrogens with one attached hydrogen (secondary N) is 1. The normalized spacial score (nSPS) is 12.2. The molecule has 0 aliphatic heterocycles. The van der Waals surface area contributed by atoms with Gasteiger partial charge in [-0.3, -0.25) is 4.98 Å². The highest BCUT2D eigenvalue weighted by Crippen LogP contribution is 2.25. The molecule has 3 heterocycles. The van der Waals surface area contributed by atoms with E-state index in [-0.39, 0.29) is 6.04 Å². The average Bonchev–Trinajstić information content (AvgIpc) is 3.11. The predicted molar refractivity (Wildman–Crippen MR) is 98.6 cm³/mol. The van der Waals surface area contributed by atoms with Crippen LogP contribution in [0.3, 0.4) is 0 Å². The van der Waals surface area contributed by atoms with Gasteiger partial charge in [-0.05, 0) is 32.0 Å². The number of hydrogen-bond donors (Lipinski definition) is 1. The first kappa shape index (κ1) is 17.1. The number of hydrogen-bond acceptors (Lipinski definition) is 5. The van der Waals surface area contributed by atoms with Gasteiger partial charge in [-0.1, -0.05) is 13.0 Å². The third-order valence-corrected chi connectivity index (χ3v) is 3.93. The van der Waals surface area contributed by atoms with E-state index >= 15 is 0 Å². The summed E-state index contributed by atoms with van der Waals surface area (Å²) < 4.78 is 7.73. The van der Waals surface area contributed by atoms with Crippen LogP contribution < -0.4 is 10.1 Å². The summed E-state index contributed by atoms with van der Waals surface area (Å²) >= 11 is 0. The third-order valence-electron chi connectivity index (χ3n) is 3.93. The minimum atomic E-state index is 0.185. The molecule has 0 saturated carbocycles. The van der Waals surface area contributed by atoms with Crippen LogP contribution in [-0.4, -0.2) is 32.5 Å². The Morgan fingerprint density at radius 1 is 1.36 bits per heavy atom. The monoisotopic (exact) mass is 337 g/mol. The van der Waals surface area contributed by atoms with E-state index in [1.165, 1.54) is 0 Å². The highest BCUT2D eigenvalue weighted by atomic mass is 16.5. The Balaban J connectivity index is 1.97. The zero-order valence-electron chi connectivity index (χ0n) is 14.6. The molecule has 0 aromatic carbocycles. The van der Waals surface area contributed by atoms with E-state index in [2.05, 4.69) is 46.8 Å². The topological polar surface area (TPSA) is 64.3 Å². The van der Waals surface area contributed by atoms with Gasteiger partial charge in [0.25, 0.3) is 5.88 Å². The molecule has 0 fully saturated rings. The average molecular weight is 337 g/mol. The second-order valence-corrected chi connectivity index (χ2v) is 5.76. The van der Waals surface area contributed by atoms with E-state index in [1.54, 1.807) is 6.20 Å². The van der Waals surface area contributed by atoms with E-state index in [9.17, 15) is 0 Å². The molecule has 0 aliphatic carbocycles. The first-order valence-electron chi connectivity index (χ1n) is 8.50. The number of aromatic nitrogens is 4. The van der Waals surface area contributed by atoms with Crippen LogP contribution in [0.5, 0.6) is 5.88 Å². The van der Waals surface area contributed by atoms with Crippen molar-refractivity contribution < 1.29 is 4.74 Å². The molecule has 1 atom stereocenters. The summed E-state index contributed by atoms with van der Waals surface area (Å²) in [5, 5.41) is 3.38. The lowest BCUT2D eigenvalue weighted by Gasteiger charge is -2.13. The Morgan fingerprint density at radius 3 is 3.04 bits per heavy atom. The van der Waals surface area contributed by atoms with Crippen molar-refractivity contribution in [2.45, 2.75) is 26.3 Å². The Bertz CT molecular complexity index is 858. The second-order valence-electron chi connectivity index (χ2n) is 5.76. The maximum atomic E-state index is 5.80. The van der Waals surface area contributed by atoms with E-state index in [1.807, 2.05) is 35.1 Å². The molecule has 6 nitrogen and oxygen atoms in total. The van der Waals surface area contributed by atoms with Gasteiger partial charge in [0, 0.05) is 36.4 Å². The quantitative estimate of drug-likeness (QED) is 0.504. The standard InChI is InChI=1S/C19H23N5O/c1-4-6-11-25-19-18-22-9-10-24(18)13-17(23-19)15-7-8-21-16(12-15)14(3)20-5-2/h4,7-10,12-14,20H,1,5-6,11H2,2-3H3/t14-/m1/s1. The molecule has 0 bridgehead atoms. The molecule has 6 heteroatoms. The highest BCUT2D eigenvalue weighted by molar-refractivity contribution is 5.63. The summed E-state index contributed by atoms with van der Waals surface area (Å²) in [6, 6.07) is 4.21. The maximum absolute atomic E-state index is 5.80. The summed E-state index contributed by atoms with van der Waals surface area (Å²) in [5.74, 6) is 0.530. The van der Waals surface area contributed by atoms with Crippen LogP contribution in [0.15, 0.2) is 49.6 Å². The first-order valence-corrected chi connectivity index (χ1v) is 8.50. The Hall–Kier alpha value is -2.73. The van der Waals surface area contributed by atoms with Gasteiger partial charge in [0.05, 0.1) is 18.0 Å². The Kier molecular flexibility index (Phi) is 5.40. The molecule has 25 heavy (non-hydrogen) atoms. The summed E-state index contributed by atoms with van der Waals surface area (Å²) in [4.78, 5) is 13.5. The largest absolute Gasteiger partial charge is 0.475 e. The second kappa shape index (κ2) is 7.90. The van der Waals surface area contributed by atoms with Crippen molar-refractivity contribution in [3.63, 3.8) is 0 Å². The fourth-order valence-electron chi connectivity index (χ4n) is 2.63. The maximum Gasteiger partial charge on any atom is 0.258 e. The van der Waals surface area contributed by atoms with Crippen molar-refractivity contribution >= 4 is 5.65 Å². The summed E-state index contributed by atoms with van der Waals surface area (Å²) in [7, 11) is 0. The molecule has 3 rings (SSSR count). The van der Waals surface area contributed by atoms with Crippen molar-refractivity contribution in [2.24, 2.45) is 0 Å². The van der Waals surface area contributed by atoms with Crippen LogP contribution in [0.4, 0.5) is 0 Å². The van der Waals surface area contributed by atoms with Crippen molar-refractivity contribution in [1.29, 1.82) is 0 Å². The minimum absolute atomic E-state index is 0.185. The smallest absolute Gasteiger partial charge is 0.258 e. The lowest BCUT2D eigenvalue weighted by molar-refractivity contribution is 0.315. The molecule has 0 radical (unpaired) electrons. The number of nitrogens with zero attached hydrogens (tertiary/aromatic N) is 4. The van der Waals surface area contributed by atoms with Crippen LogP contribution in [-0.2, 0) is 0 Å². The molecule has 0 amide bonds. The number of imidazole rings is 1. The summed E-state index contributed by atoms with van der Waals surface area (Å²) in [5.41, 5.74) is 3.52. The summed E-state index contributed by atoms with van der Waals surface area (Å²) in [6.07, 6.45) is 10.00. The number of rotatable bonds is 8. The minimum Gasteiger partial charge on any atom is -0.475 e. The van der Waals surface area contributed by atoms with Gasteiger partial charge >= 0.3 is 0 Å². The fraction of sp³-hybridized carbons (Fsp3) is 0.316. The van der Waals surface area contributed by atoms with Gasteiger partial charge in [0.1, 0.15) is 0 Å². The third kappa shape index (κ3) is 3.85. The lowest BCUT2D eigenvalue weighted by Crippen LogP contribution is -2.18. The SMILES string of the molecule is C=CCCOc1nc(-c2ccnc([C@@H](C)NCC)c2)cn2ccnc12. The van der Waals surface area contributed by atoms with Crippen LogP contribution in [0.2, 0.25) is 0 Å². The van der Waals surface area contributed by atoms with Gasteiger partial charge in [-0.15, -0.1) is 6.58 Å². The van der Waals surface area contributed by atoms with E-state index in [4.69, 9.17) is 4.74 Å². The van der Waals surface area contributed by atoms with Crippen LogP contribution in [0.25, 0.3) is 16.9 Å². The highest BCUT2D eigenvalue weighted by Gasteiger charge is 2.12.